The molecule has 0 bridgehead atoms. The Morgan fingerprint density at radius 2 is 1.62 bits per heavy atom. The minimum absolute atomic E-state index is 0.0807. The zero-order valence-electron chi connectivity index (χ0n) is 27.4. The summed E-state index contributed by atoms with van der Waals surface area (Å²) in [6, 6.07) is 21.9. The van der Waals surface area contributed by atoms with Crippen LogP contribution in [0.15, 0.2) is 108 Å². The molecule has 4 heterocycles. The van der Waals surface area contributed by atoms with E-state index in [2.05, 4.69) is 5.32 Å². The number of hydrogen-bond acceptors (Lipinski definition) is 7. The summed E-state index contributed by atoms with van der Waals surface area (Å²) in [5.41, 5.74) is 3.00. The number of carbonyl (C=O) groups excluding carboxylic acids is 4. The number of β-lactam (4-membered cyclic amide) rings is 1. The summed E-state index contributed by atoms with van der Waals surface area (Å²) in [5, 5.41) is 2.13. The van der Waals surface area contributed by atoms with Crippen molar-refractivity contribution in [3.8, 4) is 0 Å². The van der Waals surface area contributed by atoms with Crippen LogP contribution in [0.4, 0.5) is 4.79 Å². The number of pyridine rings is 1. The second kappa shape index (κ2) is 13.7. The lowest BCUT2D eigenvalue weighted by molar-refractivity contribution is -0.671. The van der Waals surface area contributed by atoms with Crippen molar-refractivity contribution in [2.24, 2.45) is 7.05 Å². The van der Waals surface area contributed by atoms with E-state index in [9.17, 15) is 19.2 Å². The second-order valence-corrected chi connectivity index (χ2v) is 14.1. The predicted octanol–water partition coefficient (Wildman–Crippen LogP) is 4.57. The molecule has 11 heteroatoms. The average molecular weight is 668 g/mol. The monoisotopic (exact) mass is 667 g/mol. The van der Waals surface area contributed by atoms with E-state index in [0.717, 1.165) is 16.7 Å². The molecule has 48 heavy (non-hydrogen) atoms. The maximum atomic E-state index is 14.3. The summed E-state index contributed by atoms with van der Waals surface area (Å²) in [7, 11) is 1.94. The number of ether oxygens (including phenoxy) is 2. The van der Waals surface area contributed by atoms with Gasteiger partial charge in [0.1, 0.15) is 29.8 Å². The van der Waals surface area contributed by atoms with E-state index in [-0.39, 0.29) is 11.6 Å². The third-order valence-corrected chi connectivity index (χ3v) is 9.58. The lowest BCUT2D eigenvalue weighted by Gasteiger charge is -2.49. The first-order chi connectivity index (χ1) is 23.0. The van der Waals surface area contributed by atoms with Gasteiger partial charge in [0.05, 0.1) is 0 Å². The zero-order valence-corrected chi connectivity index (χ0v) is 28.2. The lowest BCUT2D eigenvalue weighted by atomic mass is 10.00. The Labute approximate surface area is 284 Å². The highest BCUT2D eigenvalue weighted by atomic mass is 32.2. The summed E-state index contributed by atoms with van der Waals surface area (Å²) in [4.78, 5) is 57.3. The number of hydrogen-bond donors (Lipinski definition) is 1. The Hall–Kier alpha value is -4.90. The molecule has 0 spiro atoms. The quantitative estimate of drug-likeness (QED) is 0.162. The molecule has 248 valence electrons. The number of likely N-dealkylation sites (tertiary alicyclic amines) is 1. The number of nitrogens with one attached hydrogen (secondary N) is 1. The molecular formula is C37H39N4O6S+. The number of alkyl carbamates (subject to hydrolysis) is 1. The van der Waals surface area contributed by atoms with Gasteiger partial charge in [-0.15, -0.1) is 11.8 Å². The molecule has 6 rings (SSSR count). The van der Waals surface area contributed by atoms with Crippen molar-refractivity contribution >= 4 is 35.6 Å². The van der Waals surface area contributed by atoms with Crippen LogP contribution in [-0.2, 0) is 37.4 Å². The summed E-state index contributed by atoms with van der Waals surface area (Å²) in [6.07, 6.45) is 4.69. The van der Waals surface area contributed by atoms with Crippen molar-refractivity contribution in [1.29, 1.82) is 0 Å². The molecule has 3 aliphatic heterocycles. The fourth-order valence-electron chi connectivity index (χ4n) is 5.94. The number of amides is 3. The van der Waals surface area contributed by atoms with Crippen molar-refractivity contribution in [1.82, 2.24) is 15.1 Å². The Morgan fingerprint density at radius 3 is 2.23 bits per heavy atom. The smallest absolute Gasteiger partial charge is 0.408 e. The maximum absolute atomic E-state index is 14.3. The van der Waals surface area contributed by atoms with Crippen molar-refractivity contribution in [2.45, 2.75) is 56.9 Å². The molecule has 2 saturated heterocycles. The van der Waals surface area contributed by atoms with E-state index in [4.69, 9.17) is 9.47 Å². The summed E-state index contributed by atoms with van der Waals surface area (Å²) >= 11 is 1.41. The van der Waals surface area contributed by atoms with Crippen molar-refractivity contribution in [3.63, 3.8) is 0 Å². The molecule has 3 amide bonds. The van der Waals surface area contributed by atoms with Crippen LogP contribution in [0.1, 0.15) is 50.0 Å². The third-order valence-electron chi connectivity index (χ3n) is 8.28. The molecule has 10 nitrogen and oxygen atoms in total. The number of nitrogens with zero attached hydrogens (tertiary/aromatic N) is 3. The standard InChI is InChI=1S/C37H38N4O6S/c1-37(2,3)47-36(45)38-29-33(43)41-30(35(44)46-31(25-11-7-5-8-12-25)26-13-9-6-10-14-26)28(23-48-34(29)41)21-27-17-20-40(32(27)42)22-24-15-18-39(4)19-16-24/h5-16,18-19,21,29,31,34H,17,20,22-23H2,1-4H3/p+1/b27-21+/t29-,34-/m1/s1. The Balaban J connectivity index is 1.31. The Morgan fingerprint density at radius 1 is 1.00 bits per heavy atom. The normalized spacial score (nSPS) is 20.1. The minimum atomic E-state index is -0.878. The molecule has 2 atom stereocenters. The Bertz CT molecular complexity index is 1730. The first-order valence-electron chi connectivity index (χ1n) is 15.9. The average Bonchev–Trinajstić information content (AvgIpc) is 3.40. The van der Waals surface area contributed by atoms with Crippen molar-refractivity contribution in [3.05, 3.63) is 125 Å². The molecule has 0 radical (unpaired) electrons. The summed E-state index contributed by atoms with van der Waals surface area (Å²) in [6.45, 7) is 6.25. The molecule has 2 fully saturated rings. The first kappa shape index (κ1) is 33.0. The highest BCUT2D eigenvalue weighted by molar-refractivity contribution is 8.00. The fourth-order valence-corrected chi connectivity index (χ4v) is 7.25. The third kappa shape index (κ3) is 7.16. The summed E-state index contributed by atoms with van der Waals surface area (Å²) < 4.78 is 13.6. The van der Waals surface area contributed by atoms with Crippen LogP contribution in [0.5, 0.6) is 0 Å². The topological polar surface area (TPSA) is 109 Å². The molecule has 0 saturated carbocycles. The van der Waals surface area contributed by atoms with E-state index in [1.165, 1.54) is 16.7 Å². The van der Waals surface area contributed by atoms with Crippen molar-refractivity contribution < 1.29 is 33.2 Å². The van der Waals surface area contributed by atoms with Gasteiger partial charge in [0.15, 0.2) is 18.5 Å². The highest BCUT2D eigenvalue weighted by Crippen LogP contribution is 2.42. The van der Waals surface area contributed by atoms with Crippen molar-refractivity contribution in [2.75, 3.05) is 12.3 Å². The highest BCUT2D eigenvalue weighted by Gasteiger charge is 2.55. The van der Waals surface area contributed by atoms with Gasteiger partial charge in [-0.25, -0.2) is 14.2 Å². The van der Waals surface area contributed by atoms with E-state index in [1.54, 1.807) is 31.7 Å². The van der Waals surface area contributed by atoms with Gasteiger partial charge in [0.2, 0.25) is 5.91 Å². The number of allylic oxidation sites excluding steroid dienone is 1. The molecule has 1 aromatic heterocycles. The van der Waals surface area contributed by atoms with Crippen LogP contribution in [0.2, 0.25) is 0 Å². The first-order valence-corrected chi connectivity index (χ1v) is 17.0. The van der Waals surface area contributed by atoms with E-state index in [1.807, 2.05) is 96.8 Å². The van der Waals surface area contributed by atoms with Crippen LogP contribution in [-0.4, -0.2) is 63.0 Å². The Kier molecular flexibility index (Phi) is 9.41. The number of fused-ring (bicyclic) bond motifs is 1. The van der Waals surface area contributed by atoms with Crippen LogP contribution in [0.3, 0.4) is 0 Å². The van der Waals surface area contributed by atoms with E-state index >= 15 is 0 Å². The van der Waals surface area contributed by atoms with Gasteiger partial charge in [-0.05, 0) is 55.5 Å². The maximum Gasteiger partial charge on any atom is 0.408 e. The number of benzene rings is 2. The number of aryl methyl sites for hydroxylation is 1. The summed E-state index contributed by atoms with van der Waals surface area (Å²) in [5.74, 6) is -0.915. The van der Waals surface area contributed by atoms with Crippen LogP contribution in [0.25, 0.3) is 0 Å². The van der Waals surface area contributed by atoms with Gasteiger partial charge in [-0.1, -0.05) is 60.7 Å². The molecule has 3 aromatic rings. The van der Waals surface area contributed by atoms with Crippen LogP contribution < -0.4 is 9.88 Å². The number of carbonyl (C=O) groups is 4. The van der Waals surface area contributed by atoms with Gasteiger partial charge in [0.25, 0.3) is 5.91 Å². The largest absolute Gasteiger partial charge is 0.448 e. The number of aromatic nitrogens is 1. The van der Waals surface area contributed by atoms with Gasteiger partial charge in [-0.2, -0.15) is 0 Å². The van der Waals surface area contributed by atoms with Crippen LogP contribution >= 0.6 is 11.8 Å². The molecule has 0 aliphatic carbocycles. The van der Waals surface area contributed by atoms with Gasteiger partial charge < -0.3 is 19.7 Å². The minimum Gasteiger partial charge on any atom is -0.448 e. The fraction of sp³-hybridized carbons (Fsp3) is 0.324. The molecule has 2 aromatic carbocycles. The number of esters is 1. The molecular weight excluding hydrogens is 628 g/mol. The van der Waals surface area contributed by atoms with Gasteiger partial charge >= 0.3 is 12.1 Å². The van der Waals surface area contributed by atoms with E-state index in [0.29, 0.717) is 36.4 Å². The second-order valence-electron chi connectivity index (χ2n) is 13.0. The number of thioether (sulfide) groups is 1. The molecule has 0 unspecified atom stereocenters. The lowest BCUT2D eigenvalue weighted by Crippen LogP contribution is -2.70. The zero-order chi connectivity index (χ0) is 34.0. The SMILES string of the molecule is C[n+]1ccc(CN2CC/C(=C\C3=C(C(=O)OC(c4ccccc4)c4ccccc4)N4C(=O)[C@@H](NC(=O)OC(C)(C)C)[C@H]4SC3)C2=O)cc1. The van der Waals surface area contributed by atoms with Gasteiger partial charge in [0, 0.05) is 36.5 Å². The molecule has 3 aliphatic rings. The predicted molar refractivity (Wildman–Crippen MR) is 180 cm³/mol. The molecule has 1 N–H and O–H groups in total. The number of rotatable bonds is 8. The van der Waals surface area contributed by atoms with E-state index < -0.39 is 41.1 Å². The van der Waals surface area contributed by atoms with Crippen LogP contribution in [0, 0.1) is 0 Å². The van der Waals surface area contributed by atoms with Gasteiger partial charge in [-0.3, -0.25) is 14.5 Å².